The monoisotopic (exact) mass is 325 g/mol. The van der Waals surface area contributed by atoms with Crippen molar-refractivity contribution in [2.24, 2.45) is 10.7 Å². The highest BCUT2D eigenvalue weighted by Gasteiger charge is 2.17. The molecule has 0 fully saturated rings. The van der Waals surface area contributed by atoms with Crippen LogP contribution in [0.5, 0.6) is 0 Å². The number of halogens is 1. The molecule has 3 N–H and O–H groups in total. The Bertz CT molecular complexity index is 736. The van der Waals surface area contributed by atoms with Gasteiger partial charge in [-0.1, -0.05) is 12.1 Å². The van der Waals surface area contributed by atoms with Crippen LogP contribution in [0.3, 0.4) is 0 Å². The molecule has 24 heavy (non-hydrogen) atoms. The van der Waals surface area contributed by atoms with Gasteiger partial charge in [-0.3, -0.25) is 4.99 Å². The molecule has 0 aromatic heterocycles. The SMILES string of the molecule is CNc1ccc(C(=CN)C(=NC(C)(C)C)c2ccc(F)cc2)cc1. The van der Waals surface area contributed by atoms with E-state index in [9.17, 15) is 4.39 Å². The second-order valence-corrected chi connectivity index (χ2v) is 6.55. The first-order valence-electron chi connectivity index (χ1n) is 7.90. The van der Waals surface area contributed by atoms with Crippen molar-refractivity contribution in [3.63, 3.8) is 0 Å². The summed E-state index contributed by atoms with van der Waals surface area (Å²) in [5.41, 5.74) is 10.0. The van der Waals surface area contributed by atoms with Crippen LogP contribution in [0.25, 0.3) is 5.57 Å². The Morgan fingerprint density at radius 1 is 1.00 bits per heavy atom. The van der Waals surface area contributed by atoms with Gasteiger partial charge in [0.2, 0.25) is 0 Å². The maximum absolute atomic E-state index is 13.3. The Morgan fingerprint density at radius 3 is 2.00 bits per heavy atom. The maximum Gasteiger partial charge on any atom is 0.123 e. The van der Waals surface area contributed by atoms with Gasteiger partial charge in [0.05, 0.1) is 11.3 Å². The molecule has 3 nitrogen and oxygen atoms in total. The largest absolute Gasteiger partial charge is 0.404 e. The highest BCUT2D eigenvalue weighted by atomic mass is 19.1. The number of hydrogen-bond acceptors (Lipinski definition) is 3. The number of rotatable bonds is 4. The van der Waals surface area contributed by atoms with Crippen molar-refractivity contribution < 1.29 is 4.39 Å². The fraction of sp³-hybridized carbons (Fsp3) is 0.250. The summed E-state index contributed by atoms with van der Waals surface area (Å²) in [6, 6.07) is 14.3. The molecular formula is C20H24FN3. The van der Waals surface area contributed by atoms with E-state index in [0.29, 0.717) is 0 Å². The van der Waals surface area contributed by atoms with Crippen molar-refractivity contribution in [2.75, 3.05) is 12.4 Å². The van der Waals surface area contributed by atoms with Crippen molar-refractivity contribution in [3.8, 4) is 0 Å². The van der Waals surface area contributed by atoms with Gasteiger partial charge >= 0.3 is 0 Å². The van der Waals surface area contributed by atoms with Crippen LogP contribution >= 0.6 is 0 Å². The summed E-state index contributed by atoms with van der Waals surface area (Å²) in [6.07, 6.45) is 1.56. The zero-order valence-corrected chi connectivity index (χ0v) is 14.6. The van der Waals surface area contributed by atoms with Crippen molar-refractivity contribution in [1.29, 1.82) is 0 Å². The Labute approximate surface area is 143 Å². The van der Waals surface area contributed by atoms with Crippen LogP contribution in [0.4, 0.5) is 10.1 Å². The average molecular weight is 325 g/mol. The van der Waals surface area contributed by atoms with E-state index >= 15 is 0 Å². The van der Waals surface area contributed by atoms with Gasteiger partial charge in [-0.05, 0) is 62.7 Å². The molecule has 0 saturated carbocycles. The number of nitrogens with two attached hydrogens (primary N) is 1. The second kappa shape index (κ2) is 7.30. The first-order chi connectivity index (χ1) is 11.3. The second-order valence-electron chi connectivity index (χ2n) is 6.55. The van der Waals surface area contributed by atoms with Gasteiger partial charge in [0.15, 0.2) is 0 Å². The molecule has 126 valence electrons. The molecule has 0 aliphatic rings. The van der Waals surface area contributed by atoms with Gasteiger partial charge < -0.3 is 11.1 Å². The summed E-state index contributed by atoms with van der Waals surface area (Å²) in [5, 5.41) is 3.09. The molecule has 0 radical (unpaired) electrons. The molecule has 2 aromatic rings. The summed E-state index contributed by atoms with van der Waals surface area (Å²) < 4.78 is 13.3. The lowest BCUT2D eigenvalue weighted by Crippen LogP contribution is -2.17. The van der Waals surface area contributed by atoms with Crippen molar-refractivity contribution in [3.05, 3.63) is 71.7 Å². The van der Waals surface area contributed by atoms with Crippen LogP contribution in [0.2, 0.25) is 0 Å². The van der Waals surface area contributed by atoms with E-state index in [1.807, 2.05) is 52.1 Å². The molecule has 0 atom stereocenters. The van der Waals surface area contributed by atoms with E-state index in [-0.39, 0.29) is 11.4 Å². The molecule has 2 aromatic carbocycles. The molecule has 0 aliphatic heterocycles. The molecule has 0 heterocycles. The minimum atomic E-state index is -0.289. The third-order valence-corrected chi connectivity index (χ3v) is 3.47. The number of benzene rings is 2. The standard InChI is InChI=1S/C20H24FN3/c1-20(2,3)24-19(15-5-9-16(21)10-6-15)18(13-22)14-7-11-17(23-4)12-8-14/h5-13,23H,22H2,1-4H3. The van der Waals surface area contributed by atoms with Gasteiger partial charge in [0.1, 0.15) is 5.82 Å². The van der Waals surface area contributed by atoms with Crippen LogP contribution in [-0.2, 0) is 0 Å². The first kappa shape index (κ1) is 17.7. The zero-order valence-electron chi connectivity index (χ0n) is 14.6. The van der Waals surface area contributed by atoms with Gasteiger partial charge in [-0.15, -0.1) is 0 Å². The molecule has 0 bridgehead atoms. The molecule has 4 heteroatoms. The lowest BCUT2D eigenvalue weighted by atomic mass is 9.95. The number of hydrogen-bond donors (Lipinski definition) is 2. The summed E-state index contributed by atoms with van der Waals surface area (Å²) in [4.78, 5) is 4.83. The molecule has 0 amide bonds. The van der Waals surface area contributed by atoms with E-state index in [1.165, 1.54) is 12.1 Å². The third-order valence-electron chi connectivity index (χ3n) is 3.47. The summed E-state index contributed by atoms with van der Waals surface area (Å²) in [6.45, 7) is 6.07. The summed E-state index contributed by atoms with van der Waals surface area (Å²) in [7, 11) is 1.87. The topological polar surface area (TPSA) is 50.4 Å². The number of allylic oxidation sites excluding steroid dienone is 1. The molecule has 0 aliphatic carbocycles. The Morgan fingerprint density at radius 2 is 1.54 bits per heavy atom. The van der Waals surface area contributed by atoms with E-state index in [0.717, 1.165) is 28.1 Å². The quantitative estimate of drug-likeness (QED) is 0.816. The average Bonchev–Trinajstić information content (AvgIpc) is 2.55. The Kier molecular flexibility index (Phi) is 5.39. The van der Waals surface area contributed by atoms with Crippen LogP contribution < -0.4 is 11.1 Å². The molecule has 2 rings (SSSR count). The van der Waals surface area contributed by atoms with E-state index in [4.69, 9.17) is 10.7 Å². The van der Waals surface area contributed by atoms with Gasteiger partial charge in [0.25, 0.3) is 0 Å². The van der Waals surface area contributed by atoms with Crippen LogP contribution in [0.1, 0.15) is 31.9 Å². The van der Waals surface area contributed by atoms with Crippen molar-refractivity contribution >= 4 is 17.0 Å². The first-order valence-corrected chi connectivity index (χ1v) is 7.90. The fourth-order valence-electron chi connectivity index (χ4n) is 2.35. The van der Waals surface area contributed by atoms with E-state index in [1.54, 1.807) is 18.3 Å². The lowest BCUT2D eigenvalue weighted by Gasteiger charge is -2.19. The van der Waals surface area contributed by atoms with Crippen LogP contribution in [-0.4, -0.2) is 18.3 Å². The third kappa shape index (κ3) is 4.44. The van der Waals surface area contributed by atoms with Gasteiger partial charge in [-0.2, -0.15) is 0 Å². The summed E-state index contributed by atoms with van der Waals surface area (Å²) >= 11 is 0. The zero-order chi connectivity index (χ0) is 17.7. The molecule has 0 spiro atoms. The van der Waals surface area contributed by atoms with Crippen molar-refractivity contribution in [1.82, 2.24) is 0 Å². The van der Waals surface area contributed by atoms with E-state index in [2.05, 4.69) is 5.32 Å². The number of anilines is 1. The highest BCUT2D eigenvalue weighted by Crippen LogP contribution is 2.24. The minimum absolute atomic E-state index is 0.273. The van der Waals surface area contributed by atoms with Gasteiger partial charge in [0, 0.05) is 30.1 Å². The lowest BCUT2D eigenvalue weighted by molar-refractivity contribution is 0.585. The number of nitrogens with zero attached hydrogens (tertiary/aromatic N) is 1. The molecule has 0 unspecified atom stereocenters. The van der Waals surface area contributed by atoms with Crippen LogP contribution in [0.15, 0.2) is 59.7 Å². The van der Waals surface area contributed by atoms with Crippen molar-refractivity contribution in [2.45, 2.75) is 26.3 Å². The molecule has 0 saturated heterocycles. The molecular weight excluding hydrogens is 301 g/mol. The normalized spacial score (nSPS) is 13.0. The maximum atomic E-state index is 13.3. The predicted octanol–water partition coefficient (Wildman–Crippen LogP) is 4.45. The smallest absolute Gasteiger partial charge is 0.123 e. The van der Waals surface area contributed by atoms with E-state index < -0.39 is 0 Å². The summed E-state index contributed by atoms with van der Waals surface area (Å²) in [5.74, 6) is -0.273. The number of nitrogens with one attached hydrogen (secondary N) is 1. The highest BCUT2D eigenvalue weighted by molar-refractivity contribution is 6.31. The Balaban J connectivity index is 2.55. The number of aliphatic imine (C=N–C) groups is 1. The van der Waals surface area contributed by atoms with Crippen LogP contribution in [0, 0.1) is 5.82 Å². The minimum Gasteiger partial charge on any atom is -0.404 e. The Hall–Kier alpha value is -2.62. The fourth-order valence-corrected chi connectivity index (χ4v) is 2.35. The van der Waals surface area contributed by atoms with Gasteiger partial charge in [-0.25, -0.2) is 4.39 Å². The predicted molar refractivity (Wildman–Crippen MR) is 101 cm³/mol.